The molecule has 0 aromatic rings. The Morgan fingerprint density at radius 2 is 1.70 bits per heavy atom. The van der Waals surface area contributed by atoms with Crippen LogP contribution in [0.3, 0.4) is 0 Å². The molecule has 3 atom stereocenters. The summed E-state index contributed by atoms with van der Waals surface area (Å²) in [6.45, 7) is 0. The Bertz CT molecular complexity index is 108. The number of hydrogen-bond donors (Lipinski definition) is 2. The predicted molar refractivity (Wildman–Crippen MR) is 41.8 cm³/mol. The van der Waals surface area contributed by atoms with Gasteiger partial charge < -0.3 is 11.1 Å². The first-order valence-corrected chi connectivity index (χ1v) is 4.36. The zero-order valence-corrected chi connectivity index (χ0v) is 6.34. The summed E-state index contributed by atoms with van der Waals surface area (Å²) in [5, 5.41) is 3.60. The van der Waals surface area contributed by atoms with Crippen molar-refractivity contribution in [2.75, 3.05) is 0 Å². The number of hydrogen-bond acceptors (Lipinski definition) is 2. The number of nitrogens with one attached hydrogen (secondary N) is 1. The predicted octanol–water partition coefficient (Wildman–Crippen LogP) is 0.618. The van der Waals surface area contributed by atoms with E-state index in [0.29, 0.717) is 6.04 Å². The quantitative estimate of drug-likeness (QED) is 0.517. The molecule has 0 aromatic heterocycles. The van der Waals surface area contributed by atoms with Crippen LogP contribution in [0.5, 0.6) is 0 Å². The minimum absolute atomic E-state index is 0.483. The van der Waals surface area contributed by atoms with Gasteiger partial charge in [-0.25, -0.2) is 0 Å². The van der Waals surface area contributed by atoms with Crippen molar-refractivity contribution in [1.29, 1.82) is 0 Å². The van der Waals surface area contributed by atoms with Crippen molar-refractivity contribution >= 4 is 0 Å². The van der Waals surface area contributed by atoms with Crippen LogP contribution in [0.1, 0.15) is 32.1 Å². The van der Waals surface area contributed by atoms with Gasteiger partial charge in [-0.15, -0.1) is 0 Å². The Labute approximate surface area is 62.2 Å². The van der Waals surface area contributed by atoms with Crippen molar-refractivity contribution in [3.05, 3.63) is 0 Å². The lowest BCUT2D eigenvalue weighted by Gasteiger charge is -2.38. The number of nitrogens with two attached hydrogens (primary N) is 1. The van der Waals surface area contributed by atoms with Crippen molar-refractivity contribution in [3.8, 4) is 0 Å². The van der Waals surface area contributed by atoms with Crippen molar-refractivity contribution < 1.29 is 0 Å². The van der Waals surface area contributed by atoms with Gasteiger partial charge in [-0.3, -0.25) is 0 Å². The summed E-state index contributed by atoms with van der Waals surface area (Å²) in [6, 6.07) is 1.99. The third kappa shape index (κ3) is 1.18. The van der Waals surface area contributed by atoms with Gasteiger partial charge in [0.05, 0.1) is 0 Å². The van der Waals surface area contributed by atoms with E-state index in [2.05, 4.69) is 5.32 Å². The summed E-state index contributed by atoms with van der Waals surface area (Å²) < 4.78 is 0. The largest absolute Gasteiger partial charge is 0.328 e. The van der Waals surface area contributed by atoms with Crippen LogP contribution in [0.25, 0.3) is 0 Å². The lowest BCUT2D eigenvalue weighted by atomic mass is 9.84. The van der Waals surface area contributed by atoms with E-state index < -0.39 is 0 Å². The molecule has 2 aliphatic heterocycles. The summed E-state index contributed by atoms with van der Waals surface area (Å²) in [5.41, 5.74) is 5.88. The SMILES string of the molecule is NC1C[C@H]2CCC[C@@H](C1)N2. The molecule has 1 unspecified atom stereocenters. The van der Waals surface area contributed by atoms with Gasteiger partial charge in [-0.1, -0.05) is 6.42 Å². The third-order valence-electron chi connectivity index (χ3n) is 2.75. The summed E-state index contributed by atoms with van der Waals surface area (Å²) in [5.74, 6) is 0. The van der Waals surface area contributed by atoms with Crippen molar-refractivity contribution in [2.45, 2.75) is 50.2 Å². The van der Waals surface area contributed by atoms with Gasteiger partial charge in [-0.2, -0.15) is 0 Å². The summed E-state index contributed by atoms with van der Waals surface area (Å²) in [6.07, 6.45) is 6.52. The Morgan fingerprint density at radius 1 is 1.10 bits per heavy atom. The van der Waals surface area contributed by atoms with Crippen LogP contribution < -0.4 is 11.1 Å². The smallest absolute Gasteiger partial charge is 0.00844 e. The fourth-order valence-electron chi connectivity index (χ4n) is 2.31. The monoisotopic (exact) mass is 140 g/mol. The van der Waals surface area contributed by atoms with Gasteiger partial charge in [0.15, 0.2) is 0 Å². The molecule has 0 radical (unpaired) electrons. The molecule has 2 bridgehead atoms. The normalized spacial score (nSPS) is 47.1. The first kappa shape index (κ1) is 6.62. The molecular weight excluding hydrogens is 124 g/mol. The fraction of sp³-hybridized carbons (Fsp3) is 1.00. The average molecular weight is 140 g/mol. The molecule has 2 fully saturated rings. The lowest BCUT2D eigenvalue weighted by Crippen LogP contribution is -2.52. The highest BCUT2D eigenvalue weighted by atomic mass is 15.0. The van der Waals surface area contributed by atoms with Crippen LogP contribution in [0.2, 0.25) is 0 Å². The van der Waals surface area contributed by atoms with Crippen LogP contribution in [-0.4, -0.2) is 18.1 Å². The number of fused-ring (bicyclic) bond motifs is 2. The second-order valence-electron chi connectivity index (χ2n) is 3.72. The minimum Gasteiger partial charge on any atom is -0.328 e. The van der Waals surface area contributed by atoms with E-state index in [1.165, 1.54) is 32.1 Å². The molecule has 2 nitrogen and oxygen atoms in total. The first-order valence-electron chi connectivity index (χ1n) is 4.36. The highest BCUT2D eigenvalue weighted by molar-refractivity contribution is 4.90. The van der Waals surface area contributed by atoms with Gasteiger partial charge in [0, 0.05) is 18.1 Å². The first-order chi connectivity index (χ1) is 4.84. The van der Waals surface area contributed by atoms with Crippen LogP contribution in [0.15, 0.2) is 0 Å². The molecular formula is C8H16N2. The van der Waals surface area contributed by atoms with Crippen LogP contribution >= 0.6 is 0 Å². The maximum atomic E-state index is 5.88. The van der Waals surface area contributed by atoms with Gasteiger partial charge in [0.1, 0.15) is 0 Å². The van der Waals surface area contributed by atoms with E-state index in [0.717, 1.165) is 12.1 Å². The van der Waals surface area contributed by atoms with Gasteiger partial charge in [-0.05, 0) is 25.7 Å². The van der Waals surface area contributed by atoms with Crippen LogP contribution in [0, 0.1) is 0 Å². The third-order valence-corrected chi connectivity index (χ3v) is 2.75. The zero-order chi connectivity index (χ0) is 6.97. The Hall–Kier alpha value is -0.0800. The van der Waals surface area contributed by atoms with E-state index in [-0.39, 0.29) is 0 Å². The molecule has 58 valence electrons. The maximum absolute atomic E-state index is 5.88. The Balaban J connectivity index is 1.98. The Kier molecular flexibility index (Phi) is 1.66. The fourth-order valence-corrected chi connectivity index (χ4v) is 2.31. The van der Waals surface area contributed by atoms with E-state index in [1.807, 2.05) is 0 Å². The highest BCUT2D eigenvalue weighted by Gasteiger charge is 2.28. The molecule has 0 saturated carbocycles. The summed E-state index contributed by atoms with van der Waals surface area (Å²) >= 11 is 0. The van der Waals surface area contributed by atoms with Gasteiger partial charge in [0.2, 0.25) is 0 Å². The molecule has 2 rings (SSSR count). The zero-order valence-electron chi connectivity index (χ0n) is 6.34. The lowest BCUT2D eigenvalue weighted by molar-refractivity contribution is 0.222. The standard InChI is InChI=1S/C8H16N2/c9-6-4-7-2-1-3-8(5-6)10-7/h6-8,10H,1-5,9H2/t6?,7-,8+. The van der Waals surface area contributed by atoms with Crippen LogP contribution in [0.4, 0.5) is 0 Å². The molecule has 2 aliphatic rings. The van der Waals surface area contributed by atoms with Crippen molar-refractivity contribution in [2.24, 2.45) is 5.73 Å². The maximum Gasteiger partial charge on any atom is 0.00844 e. The van der Waals surface area contributed by atoms with Crippen molar-refractivity contribution in [1.82, 2.24) is 5.32 Å². The number of rotatable bonds is 0. The molecule has 2 saturated heterocycles. The minimum atomic E-state index is 0.483. The summed E-state index contributed by atoms with van der Waals surface area (Å²) in [4.78, 5) is 0. The van der Waals surface area contributed by atoms with Crippen LogP contribution in [-0.2, 0) is 0 Å². The van der Waals surface area contributed by atoms with E-state index in [1.54, 1.807) is 0 Å². The molecule has 3 N–H and O–H groups in total. The molecule has 2 heteroatoms. The second-order valence-corrected chi connectivity index (χ2v) is 3.72. The summed E-state index contributed by atoms with van der Waals surface area (Å²) in [7, 11) is 0. The molecule has 0 amide bonds. The molecule has 0 aliphatic carbocycles. The average Bonchev–Trinajstić information content (AvgIpc) is 1.85. The highest BCUT2D eigenvalue weighted by Crippen LogP contribution is 2.24. The van der Waals surface area contributed by atoms with Gasteiger partial charge in [0.25, 0.3) is 0 Å². The topological polar surface area (TPSA) is 38.0 Å². The Morgan fingerprint density at radius 3 is 2.30 bits per heavy atom. The molecule has 10 heavy (non-hydrogen) atoms. The van der Waals surface area contributed by atoms with Crippen molar-refractivity contribution in [3.63, 3.8) is 0 Å². The number of piperidine rings is 2. The van der Waals surface area contributed by atoms with Gasteiger partial charge >= 0.3 is 0 Å². The molecule has 0 aromatic carbocycles. The molecule has 0 spiro atoms. The molecule has 2 heterocycles. The van der Waals surface area contributed by atoms with E-state index in [4.69, 9.17) is 5.73 Å². The second kappa shape index (κ2) is 2.51. The van der Waals surface area contributed by atoms with E-state index in [9.17, 15) is 0 Å². The van der Waals surface area contributed by atoms with E-state index >= 15 is 0 Å².